The monoisotopic (exact) mass is 356 g/mol. The van der Waals surface area contributed by atoms with Crippen LogP contribution in [-0.2, 0) is 4.79 Å². The Labute approximate surface area is 137 Å². The van der Waals surface area contributed by atoms with Gasteiger partial charge in [0.15, 0.2) is 0 Å². The largest absolute Gasteiger partial charge is 0.497 e. The third-order valence-corrected chi connectivity index (χ3v) is 3.42. The number of anilines is 1. The molecule has 0 saturated carbocycles. The number of amides is 1. The second-order valence-electron chi connectivity index (χ2n) is 4.40. The highest BCUT2D eigenvalue weighted by Gasteiger charge is 2.09. The van der Waals surface area contributed by atoms with Crippen LogP contribution in [0.3, 0.4) is 0 Å². The summed E-state index contributed by atoms with van der Waals surface area (Å²) >= 11 is 3.32. The summed E-state index contributed by atoms with van der Waals surface area (Å²) < 4.78 is 5.98. The summed E-state index contributed by atoms with van der Waals surface area (Å²) in [5.74, 6) is 0.274. The van der Waals surface area contributed by atoms with E-state index in [-0.39, 0.29) is 5.57 Å². The predicted molar refractivity (Wildman–Crippen MR) is 89.4 cm³/mol. The highest BCUT2D eigenvalue weighted by Crippen LogP contribution is 2.17. The number of hydrogen-bond acceptors (Lipinski definition) is 3. The van der Waals surface area contributed by atoms with Crippen LogP contribution in [0, 0.1) is 11.3 Å². The van der Waals surface area contributed by atoms with Crippen molar-refractivity contribution in [2.75, 3.05) is 12.4 Å². The highest BCUT2D eigenvalue weighted by molar-refractivity contribution is 9.10. The number of rotatable bonds is 4. The van der Waals surface area contributed by atoms with Gasteiger partial charge < -0.3 is 10.1 Å². The van der Waals surface area contributed by atoms with Crippen molar-refractivity contribution in [2.24, 2.45) is 0 Å². The number of carbonyl (C=O) groups excluding carboxylic acids is 1. The van der Waals surface area contributed by atoms with Crippen LogP contribution in [0.1, 0.15) is 5.56 Å². The molecule has 2 aromatic carbocycles. The SMILES string of the molecule is COc1ccc(/C=C(/C#N)C(=O)Nc2ccc(Br)cc2)cc1. The van der Waals surface area contributed by atoms with E-state index in [1.807, 2.05) is 18.2 Å². The van der Waals surface area contributed by atoms with E-state index in [0.29, 0.717) is 5.69 Å². The van der Waals surface area contributed by atoms with E-state index < -0.39 is 5.91 Å². The zero-order chi connectivity index (χ0) is 15.9. The molecule has 0 aliphatic carbocycles. The zero-order valence-electron chi connectivity index (χ0n) is 11.8. The highest BCUT2D eigenvalue weighted by atomic mass is 79.9. The first-order valence-electron chi connectivity index (χ1n) is 6.45. The maximum absolute atomic E-state index is 12.1. The number of nitriles is 1. The summed E-state index contributed by atoms with van der Waals surface area (Å²) in [7, 11) is 1.58. The number of halogens is 1. The van der Waals surface area contributed by atoms with E-state index in [4.69, 9.17) is 10.00 Å². The summed E-state index contributed by atoms with van der Waals surface area (Å²) in [6.45, 7) is 0. The van der Waals surface area contributed by atoms with Crippen molar-refractivity contribution in [1.29, 1.82) is 5.26 Å². The Morgan fingerprint density at radius 3 is 2.36 bits per heavy atom. The van der Waals surface area contributed by atoms with Crippen molar-refractivity contribution < 1.29 is 9.53 Å². The Morgan fingerprint density at radius 1 is 1.18 bits per heavy atom. The second-order valence-corrected chi connectivity index (χ2v) is 5.32. The first-order valence-corrected chi connectivity index (χ1v) is 7.24. The molecule has 0 aromatic heterocycles. The van der Waals surface area contributed by atoms with Crippen molar-refractivity contribution in [3.05, 3.63) is 64.1 Å². The summed E-state index contributed by atoms with van der Waals surface area (Å²) in [5, 5.41) is 11.9. The molecule has 0 saturated heterocycles. The zero-order valence-corrected chi connectivity index (χ0v) is 13.4. The lowest BCUT2D eigenvalue weighted by Crippen LogP contribution is -2.13. The smallest absolute Gasteiger partial charge is 0.266 e. The first kappa shape index (κ1) is 15.8. The fraction of sp³-hybridized carbons (Fsp3) is 0.0588. The number of carbonyl (C=O) groups is 1. The minimum absolute atomic E-state index is 0.0353. The van der Waals surface area contributed by atoms with Crippen LogP contribution in [0.15, 0.2) is 58.6 Å². The summed E-state index contributed by atoms with van der Waals surface area (Å²) in [5.41, 5.74) is 1.42. The van der Waals surface area contributed by atoms with Gasteiger partial charge in [0, 0.05) is 10.2 Å². The average Bonchev–Trinajstić information content (AvgIpc) is 2.55. The topological polar surface area (TPSA) is 62.1 Å². The van der Waals surface area contributed by atoms with E-state index >= 15 is 0 Å². The minimum Gasteiger partial charge on any atom is -0.497 e. The van der Waals surface area contributed by atoms with Gasteiger partial charge in [0.05, 0.1) is 7.11 Å². The maximum Gasteiger partial charge on any atom is 0.266 e. The fourth-order valence-corrected chi connectivity index (χ4v) is 2.01. The third kappa shape index (κ3) is 4.21. The number of benzene rings is 2. The second kappa shape index (κ2) is 7.43. The van der Waals surface area contributed by atoms with Crippen molar-refractivity contribution in [3.63, 3.8) is 0 Å². The molecule has 0 aliphatic heterocycles. The van der Waals surface area contributed by atoms with Crippen molar-refractivity contribution in [3.8, 4) is 11.8 Å². The van der Waals surface area contributed by atoms with Crippen LogP contribution < -0.4 is 10.1 Å². The standard InChI is InChI=1S/C17H13BrN2O2/c1-22-16-8-2-12(3-9-16)10-13(11-19)17(21)20-15-6-4-14(18)5-7-15/h2-10H,1H3,(H,20,21)/b13-10-. The summed E-state index contributed by atoms with van der Waals surface area (Å²) in [4.78, 5) is 12.1. The van der Waals surface area contributed by atoms with Gasteiger partial charge in [-0.05, 0) is 48.0 Å². The molecule has 0 aliphatic rings. The molecule has 0 heterocycles. The molecule has 110 valence electrons. The van der Waals surface area contributed by atoms with Crippen LogP contribution in [0.4, 0.5) is 5.69 Å². The quantitative estimate of drug-likeness (QED) is 0.665. The van der Waals surface area contributed by atoms with Gasteiger partial charge in [0.25, 0.3) is 5.91 Å². The van der Waals surface area contributed by atoms with Gasteiger partial charge in [-0.1, -0.05) is 28.1 Å². The molecule has 22 heavy (non-hydrogen) atoms. The van der Waals surface area contributed by atoms with E-state index in [0.717, 1.165) is 15.8 Å². The van der Waals surface area contributed by atoms with Gasteiger partial charge in [-0.2, -0.15) is 5.26 Å². The van der Waals surface area contributed by atoms with E-state index in [1.54, 1.807) is 43.5 Å². The maximum atomic E-state index is 12.1. The van der Waals surface area contributed by atoms with Crippen molar-refractivity contribution in [2.45, 2.75) is 0 Å². The van der Waals surface area contributed by atoms with Crippen molar-refractivity contribution in [1.82, 2.24) is 0 Å². The van der Waals surface area contributed by atoms with Gasteiger partial charge >= 0.3 is 0 Å². The molecule has 0 spiro atoms. The Bertz CT molecular complexity index is 729. The molecule has 4 nitrogen and oxygen atoms in total. The lowest BCUT2D eigenvalue weighted by atomic mass is 10.1. The van der Waals surface area contributed by atoms with Gasteiger partial charge in [-0.15, -0.1) is 0 Å². The summed E-state index contributed by atoms with van der Waals surface area (Å²) in [6.07, 6.45) is 1.54. The van der Waals surface area contributed by atoms with Crippen LogP contribution in [0.25, 0.3) is 6.08 Å². The third-order valence-electron chi connectivity index (χ3n) is 2.89. The molecule has 1 N–H and O–H groups in total. The fourth-order valence-electron chi connectivity index (χ4n) is 1.75. The number of nitrogens with zero attached hydrogens (tertiary/aromatic N) is 1. The molecule has 5 heteroatoms. The molecule has 2 rings (SSSR count). The number of nitrogens with one attached hydrogen (secondary N) is 1. The molecule has 2 aromatic rings. The van der Waals surface area contributed by atoms with Crippen molar-refractivity contribution >= 4 is 33.6 Å². The Balaban J connectivity index is 2.15. The Hall–Kier alpha value is -2.58. The first-order chi connectivity index (χ1) is 10.6. The normalized spacial score (nSPS) is 10.7. The van der Waals surface area contributed by atoms with Gasteiger partial charge in [0.1, 0.15) is 17.4 Å². The molecule has 1 amide bonds. The molecular formula is C17H13BrN2O2. The van der Waals surface area contributed by atoms with Crippen LogP contribution in [0.5, 0.6) is 5.75 Å². The number of methoxy groups -OCH3 is 1. The predicted octanol–water partition coefficient (Wildman–Crippen LogP) is 4.00. The lowest BCUT2D eigenvalue weighted by Gasteiger charge is -2.04. The molecule has 0 radical (unpaired) electrons. The summed E-state index contributed by atoms with van der Waals surface area (Å²) in [6, 6.07) is 16.2. The molecule has 0 atom stereocenters. The number of hydrogen-bond donors (Lipinski definition) is 1. The van der Waals surface area contributed by atoms with E-state index in [2.05, 4.69) is 21.2 Å². The molecule has 0 unspecified atom stereocenters. The average molecular weight is 357 g/mol. The van der Waals surface area contributed by atoms with Crippen LogP contribution >= 0.6 is 15.9 Å². The Morgan fingerprint density at radius 2 is 1.82 bits per heavy atom. The van der Waals surface area contributed by atoms with Crippen LogP contribution in [-0.4, -0.2) is 13.0 Å². The Kier molecular flexibility index (Phi) is 5.34. The number of ether oxygens (including phenoxy) is 1. The van der Waals surface area contributed by atoms with E-state index in [9.17, 15) is 4.79 Å². The van der Waals surface area contributed by atoms with Gasteiger partial charge in [-0.3, -0.25) is 4.79 Å². The lowest BCUT2D eigenvalue weighted by molar-refractivity contribution is -0.112. The molecule has 0 fully saturated rings. The molecular weight excluding hydrogens is 344 g/mol. The van der Waals surface area contributed by atoms with Gasteiger partial charge in [-0.25, -0.2) is 0 Å². The van der Waals surface area contributed by atoms with Crippen LogP contribution in [0.2, 0.25) is 0 Å². The molecule has 0 bridgehead atoms. The van der Waals surface area contributed by atoms with E-state index in [1.165, 1.54) is 6.08 Å². The minimum atomic E-state index is -0.444. The van der Waals surface area contributed by atoms with Gasteiger partial charge in [0.2, 0.25) is 0 Å².